The molecule has 1 fully saturated rings. The molecule has 1 saturated carbocycles. The Kier molecular flexibility index (Phi) is 2.15. The molecule has 0 aliphatic heterocycles. The molecule has 0 heterocycles. The Bertz CT molecular complexity index is 80.0. The van der Waals surface area contributed by atoms with E-state index in [4.69, 9.17) is 0 Å². The topological polar surface area (TPSA) is 0 Å². The molecule has 1 rings (SSSR count). The summed E-state index contributed by atoms with van der Waals surface area (Å²) in [7, 11) is 0. The minimum atomic E-state index is 0.743. The smallest absolute Gasteiger partial charge is 0.0326 e. The minimum absolute atomic E-state index is 0.743. The van der Waals surface area contributed by atoms with E-state index in [9.17, 15) is 0 Å². The lowest BCUT2D eigenvalue weighted by Gasteiger charge is -2.38. The van der Waals surface area contributed by atoms with Crippen molar-refractivity contribution in [3.63, 3.8) is 0 Å². The fourth-order valence-electron chi connectivity index (χ4n) is 1.52. The predicted octanol–water partition coefficient (Wildman–Crippen LogP) is 3.18. The van der Waals surface area contributed by atoms with Gasteiger partial charge in [-0.1, -0.05) is 20.3 Å². The summed E-state index contributed by atoms with van der Waals surface area (Å²) in [6.45, 7) is 4.57. The summed E-state index contributed by atoms with van der Waals surface area (Å²) in [4.78, 5) is 0. The maximum absolute atomic E-state index is 2.42. The van der Waals surface area contributed by atoms with Crippen LogP contribution >= 0.6 is 0 Å². The molecule has 0 aromatic carbocycles. The summed E-state index contributed by atoms with van der Waals surface area (Å²) in [6.07, 6.45) is 9.44. The van der Waals surface area contributed by atoms with Gasteiger partial charge in [-0.2, -0.15) is 0 Å². The van der Waals surface area contributed by atoms with Crippen LogP contribution in [0, 0.1) is 11.8 Å². The number of unbranched alkanes of at least 4 members (excludes halogenated alkanes) is 1. The van der Waals surface area contributed by atoms with Crippen LogP contribution in [0.15, 0.2) is 0 Å². The first-order valence-corrected chi connectivity index (χ1v) is 4.05. The second kappa shape index (κ2) is 2.72. The van der Waals surface area contributed by atoms with Crippen molar-refractivity contribution in [1.82, 2.24) is 0 Å². The zero-order valence-electron chi connectivity index (χ0n) is 6.61. The lowest BCUT2D eigenvalue weighted by Crippen LogP contribution is -2.24. The predicted molar refractivity (Wildman–Crippen MR) is 41.2 cm³/mol. The highest BCUT2D eigenvalue weighted by molar-refractivity contribution is 4.84. The lowest BCUT2D eigenvalue weighted by atomic mass is 9.68. The molecule has 0 unspecified atom stereocenters. The van der Waals surface area contributed by atoms with Gasteiger partial charge in [0.1, 0.15) is 0 Å². The third-order valence-corrected chi connectivity index (χ3v) is 2.60. The summed E-state index contributed by atoms with van der Waals surface area (Å²) in [5.41, 5.74) is 0.743. The van der Waals surface area contributed by atoms with Crippen LogP contribution in [0.25, 0.3) is 0 Å². The molecule has 0 spiro atoms. The fraction of sp³-hybridized carbons (Fsp3) is 0.889. The molecule has 0 bridgehead atoms. The van der Waals surface area contributed by atoms with Crippen LogP contribution in [0.4, 0.5) is 0 Å². The van der Waals surface area contributed by atoms with Gasteiger partial charge in [0, 0.05) is 0 Å². The van der Waals surface area contributed by atoms with E-state index in [1.807, 2.05) is 0 Å². The van der Waals surface area contributed by atoms with Gasteiger partial charge in [-0.05, 0) is 37.5 Å². The quantitative estimate of drug-likeness (QED) is 0.543. The van der Waals surface area contributed by atoms with E-state index in [1.165, 1.54) is 32.1 Å². The highest BCUT2D eigenvalue weighted by Crippen LogP contribution is 2.44. The fourth-order valence-corrected chi connectivity index (χ4v) is 1.52. The van der Waals surface area contributed by atoms with Crippen molar-refractivity contribution in [1.29, 1.82) is 0 Å². The molecule has 0 atom stereocenters. The summed E-state index contributed by atoms with van der Waals surface area (Å²) >= 11 is 0. The van der Waals surface area contributed by atoms with E-state index < -0.39 is 0 Å². The van der Waals surface area contributed by atoms with Crippen molar-refractivity contribution in [3.05, 3.63) is 6.42 Å². The molecular weight excluding hydrogens is 108 g/mol. The zero-order valence-corrected chi connectivity index (χ0v) is 6.61. The van der Waals surface area contributed by atoms with Crippen molar-refractivity contribution in [3.8, 4) is 0 Å². The van der Waals surface area contributed by atoms with Crippen molar-refractivity contribution < 1.29 is 0 Å². The van der Waals surface area contributed by atoms with Crippen molar-refractivity contribution in [2.24, 2.45) is 5.41 Å². The Hall–Kier alpha value is 0. The van der Waals surface area contributed by atoms with E-state index in [1.54, 1.807) is 0 Å². The average Bonchev–Trinajstić information content (AvgIpc) is 1.79. The monoisotopic (exact) mass is 125 g/mol. The van der Waals surface area contributed by atoms with Gasteiger partial charge < -0.3 is 0 Å². The van der Waals surface area contributed by atoms with E-state index in [0.29, 0.717) is 0 Å². The molecule has 1 aliphatic carbocycles. The van der Waals surface area contributed by atoms with Gasteiger partial charge in [-0.15, -0.1) is 0 Å². The second-order valence-electron chi connectivity index (χ2n) is 3.61. The number of hydrogen-bond acceptors (Lipinski definition) is 0. The molecule has 1 radical (unpaired) electrons. The first kappa shape index (κ1) is 7.11. The maximum atomic E-state index is 2.42. The van der Waals surface area contributed by atoms with E-state index in [2.05, 4.69) is 20.3 Å². The largest absolute Gasteiger partial charge is 0.0623 e. The standard InChI is InChI=1S/C9H17/c1-3-4-6-9(2)7-5-8-9/h3H,4-8H2,1-2H3. The van der Waals surface area contributed by atoms with Gasteiger partial charge >= 0.3 is 0 Å². The third kappa shape index (κ3) is 1.70. The molecular formula is C9H17. The summed E-state index contributed by atoms with van der Waals surface area (Å²) in [5, 5.41) is 0. The lowest BCUT2D eigenvalue weighted by molar-refractivity contribution is 0.146. The van der Waals surface area contributed by atoms with Gasteiger partial charge in [-0.3, -0.25) is 0 Å². The first-order valence-electron chi connectivity index (χ1n) is 4.05. The Balaban J connectivity index is 2.09. The Morgan fingerprint density at radius 1 is 1.44 bits per heavy atom. The molecule has 9 heavy (non-hydrogen) atoms. The molecule has 0 N–H and O–H groups in total. The van der Waals surface area contributed by atoms with Gasteiger partial charge in [0.2, 0.25) is 0 Å². The second-order valence-corrected chi connectivity index (χ2v) is 3.61. The molecule has 0 heteroatoms. The minimum Gasteiger partial charge on any atom is -0.0623 e. The Morgan fingerprint density at radius 3 is 2.44 bits per heavy atom. The average molecular weight is 125 g/mol. The van der Waals surface area contributed by atoms with Gasteiger partial charge in [-0.25, -0.2) is 0 Å². The van der Waals surface area contributed by atoms with Gasteiger partial charge in [0.25, 0.3) is 0 Å². The van der Waals surface area contributed by atoms with E-state index in [-0.39, 0.29) is 0 Å². The van der Waals surface area contributed by atoms with Crippen LogP contribution in [0.2, 0.25) is 0 Å². The molecule has 0 saturated heterocycles. The zero-order chi connectivity index (χ0) is 6.74. The third-order valence-electron chi connectivity index (χ3n) is 2.60. The van der Waals surface area contributed by atoms with Crippen molar-refractivity contribution in [2.45, 2.75) is 46.0 Å². The van der Waals surface area contributed by atoms with Crippen LogP contribution in [-0.2, 0) is 0 Å². The van der Waals surface area contributed by atoms with Crippen LogP contribution in [0.3, 0.4) is 0 Å². The van der Waals surface area contributed by atoms with Gasteiger partial charge in [0.05, 0.1) is 0 Å². The van der Waals surface area contributed by atoms with Gasteiger partial charge in [0.15, 0.2) is 0 Å². The summed E-state index contributed by atoms with van der Waals surface area (Å²) in [5.74, 6) is 0. The van der Waals surface area contributed by atoms with Crippen molar-refractivity contribution >= 4 is 0 Å². The highest BCUT2D eigenvalue weighted by atomic mass is 14.4. The molecule has 0 amide bonds. The first-order chi connectivity index (χ1) is 4.27. The van der Waals surface area contributed by atoms with Crippen LogP contribution in [0.5, 0.6) is 0 Å². The molecule has 0 nitrogen and oxygen atoms in total. The Morgan fingerprint density at radius 2 is 2.11 bits per heavy atom. The van der Waals surface area contributed by atoms with Crippen LogP contribution in [-0.4, -0.2) is 0 Å². The SMILES string of the molecule is C[CH]CCC1(C)CCC1. The molecule has 1 aliphatic rings. The Labute approximate surface area is 58.7 Å². The summed E-state index contributed by atoms with van der Waals surface area (Å²) in [6, 6.07) is 0. The van der Waals surface area contributed by atoms with Crippen LogP contribution in [0.1, 0.15) is 46.0 Å². The summed E-state index contributed by atoms with van der Waals surface area (Å²) < 4.78 is 0. The molecule has 0 aromatic heterocycles. The molecule has 0 aromatic rings. The normalized spacial score (nSPS) is 23.3. The number of hydrogen-bond donors (Lipinski definition) is 0. The van der Waals surface area contributed by atoms with Crippen LogP contribution < -0.4 is 0 Å². The highest BCUT2D eigenvalue weighted by Gasteiger charge is 2.30. The maximum Gasteiger partial charge on any atom is -0.0326 e. The van der Waals surface area contributed by atoms with Crippen molar-refractivity contribution in [2.75, 3.05) is 0 Å². The molecule has 53 valence electrons. The van der Waals surface area contributed by atoms with E-state index in [0.717, 1.165) is 5.41 Å². The van der Waals surface area contributed by atoms with E-state index >= 15 is 0 Å². The number of rotatable bonds is 3.